The van der Waals surface area contributed by atoms with Crippen LogP contribution in [0.5, 0.6) is 0 Å². The van der Waals surface area contributed by atoms with Gasteiger partial charge in [-0.2, -0.15) is 0 Å². The first-order chi connectivity index (χ1) is 10.9. The maximum absolute atomic E-state index is 13.8. The number of amides is 2. The molecule has 1 aromatic carbocycles. The molecular weight excluding hydrogens is 333 g/mol. The van der Waals surface area contributed by atoms with Gasteiger partial charge in [-0.25, -0.2) is 4.39 Å². The van der Waals surface area contributed by atoms with Crippen LogP contribution >= 0.6 is 12.4 Å². The van der Waals surface area contributed by atoms with Gasteiger partial charge in [-0.3, -0.25) is 9.59 Å². The first-order valence-electron chi connectivity index (χ1n) is 7.96. The second-order valence-corrected chi connectivity index (χ2v) is 6.75. The predicted molar refractivity (Wildman–Crippen MR) is 92.9 cm³/mol. The highest BCUT2D eigenvalue weighted by molar-refractivity contribution is 5.98. The molecule has 1 unspecified atom stereocenters. The van der Waals surface area contributed by atoms with Gasteiger partial charge in [0.1, 0.15) is 5.82 Å². The standard InChI is InChI=1S/C17H22FN3O2.ClH/c1-21(2)16(23)12-9-11(3-4-14(12)18)20-15(22)13-10-17(13)5-7-19-8-6-17;/h3-4,9,13,19H,5-8,10H2,1-2H3,(H,20,22);1H. The zero-order chi connectivity index (χ0) is 16.6. The molecule has 1 aliphatic heterocycles. The summed E-state index contributed by atoms with van der Waals surface area (Å²) in [5.41, 5.74) is 0.593. The van der Waals surface area contributed by atoms with Crippen LogP contribution in [0.2, 0.25) is 0 Å². The Morgan fingerprint density at radius 3 is 2.58 bits per heavy atom. The first-order valence-corrected chi connectivity index (χ1v) is 7.96. The van der Waals surface area contributed by atoms with Gasteiger partial charge in [-0.1, -0.05) is 0 Å². The molecule has 2 amide bonds. The number of nitrogens with zero attached hydrogens (tertiary/aromatic N) is 1. The highest BCUT2D eigenvalue weighted by Gasteiger charge is 2.57. The fourth-order valence-corrected chi connectivity index (χ4v) is 3.43. The van der Waals surface area contributed by atoms with Crippen LogP contribution in [0.15, 0.2) is 18.2 Å². The molecule has 1 aromatic rings. The number of anilines is 1. The van der Waals surface area contributed by atoms with Crippen LogP contribution in [0, 0.1) is 17.2 Å². The van der Waals surface area contributed by atoms with E-state index >= 15 is 0 Å². The molecule has 132 valence electrons. The highest BCUT2D eigenvalue weighted by Crippen LogP contribution is 2.58. The number of benzene rings is 1. The summed E-state index contributed by atoms with van der Waals surface area (Å²) in [5, 5.41) is 6.15. The molecule has 1 atom stereocenters. The molecule has 1 saturated carbocycles. The topological polar surface area (TPSA) is 61.4 Å². The SMILES string of the molecule is CN(C)C(=O)c1cc(NC(=O)C2CC23CCNCC3)ccc1F.Cl. The molecule has 1 saturated heterocycles. The van der Waals surface area contributed by atoms with E-state index in [1.807, 2.05) is 0 Å². The van der Waals surface area contributed by atoms with E-state index in [0.717, 1.165) is 32.4 Å². The largest absolute Gasteiger partial charge is 0.345 e. The number of hydrogen-bond acceptors (Lipinski definition) is 3. The van der Waals surface area contributed by atoms with E-state index in [1.165, 1.54) is 23.1 Å². The van der Waals surface area contributed by atoms with Crippen molar-refractivity contribution in [2.75, 3.05) is 32.5 Å². The van der Waals surface area contributed by atoms with Gasteiger partial charge < -0.3 is 15.5 Å². The van der Waals surface area contributed by atoms with Crippen molar-refractivity contribution in [2.45, 2.75) is 19.3 Å². The maximum Gasteiger partial charge on any atom is 0.256 e. The molecule has 0 radical (unpaired) electrons. The van der Waals surface area contributed by atoms with Crippen molar-refractivity contribution in [1.29, 1.82) is 0 Å². The van der Waals surface area contributed by atoms with Crippen LogP contribution in [0.4, 0.5) is 10.1 Å². The molecule has 2 N–H and O–H groups in total. The van der Waals surface area contributed by atoms with Crippen LogP contribution in [-0.2, 0) is 4.79 Å². The lowest BCUT2D eigenvalue weighted by atomic mass is 9.92. The number of hydrogen-bond donors (Lipinski definition) is 2. The molecule has 1 heterocycles. The van der Waals surface area contributed by atoms with Gasteiger partial charge in [-0.05, 0) is 56.0 Å². The number of nitrogens with one attached hydrogen (secondary N) is 2. The average molecular weight is 356 g/mol. The molecule has 2 aliphatic rings. The minimum Gasteiger partial charge on any atom is -0.345 e. The van der Waals surface area contributed by atoms with Gasteiger partial charge >= 0.3 is 0 Å². The Morgan fingerprint density at radius 2 is 1.96 bits per heavy atom. The summed E-state index contributed by atoms with van der Waals surface area (Å²) in [6, 6.07) is 4.13. The summed E-state index contributed by atoms with van der Waals surface area (Å²) < 4.78 is 13.8. The summed E-state index contributed by atoms with van der Waals surface area (Å²) in [4.78, 5) is 25.7. The minimum absolute atomic E-state index is 0. The fraction of sp³-hybridized carbons (Fsp3) is 0.529. The summed E-state index contributed by atoms with van der Waals surface area (Å²) in [6.07, 6.45) is 2.98. The molecule has 24 heavy (non-hydrogen) atoms. The summed E-state index contributed by atoms with van der Waals surface area (Å²) >= 11 is 0. The Labute approximate surface area is 147 Å². The van der Waals surface area contributed by atoms with Gasteiger partial charge in [0.05, 0.1) is 5.56 Å². The molecule has 2 fully saturated rings. The summed E-state index contributed by atoms with van der Waals surface area (Å²) in [7, 11) is 3.14. The Balaban J connectivity index is 0.00000208. The number of piperidine rings is 1. The Bertz CT molecular complexity index is 645. The molecule has 1 aliphatic carbocycles. The van der Waals surface area contributed by atoms with E-state index in [-0.39, 0.29) is 35.2 Å². The summed E-state index contributed by atoms with van der Waals surface area (Å²) in [5.74, 6) is -0.993. The zero-order valence-corrected chi connectivity index (χ0v) is 14.7. The van der Waals surface area contributed by atoms with Gasteiger partial charge in [0.25, 0.3) is 5.91 Å². The van der Waals surface area contributed by atoms with Crippen molar-refractivity contribution >= 4 is 29.9 Å². The maximum atomic E-state index is 13.8. The van der Waals surface area contributed by atoms with Crippen LogP contribution < -0.4 is 10.6 Å². The van der Waals surface area contributed by atoms with Crippen LogP contribution in [0.25, 0.3) is 0 Å². The lowest BCUT2D eigenvalue weighted by molar-refractivity contribution is -0.118. The monoisotopic (exact) mass is 355 g/mol. The molecule has 3 rings (SSSR count). The molecule has 0 bridgehead atoms. The van der Waals surface area contributed by atoms with Crippen molar-refractivity contribution in [3.63, 3.8) is 0 Å². The van der Waals surface area contributed by atoms with Crippen LogP contribution in [0.3, 0.4) is 0 Å². The van der Waals surface area contributed by atoms with Crippen molar-refractivity contribution < 1.29 is 14.0 Å². The second kappa shape index (κ2) is 7.07. The van der Waals surface area contributed by atoms with Crippen molar-refractivity contribution in [2.24, 2.45) is 11.3 Å². The summed E-state index contributed by atoms with van der Waals surface area (Å²) in [6.45, 7) is 1.92. The van der Waals surface area contributed by atoms with E-state index in [4.69, 9.17) is 0 Å². The van der Waals surface area contributed by atoms with Gasteiger partial charge in [0.15, 0.2) is 0 Å². The Kier molecular flexibility index (Phi) is 5.50. The lowest BCUT2D eigenvalue weighted by Crippen LogP contribution is -2.31. The number of carbonyl (C=O) groups is 2. The third kappa shape index (κ3) is 3.54. The fourth-order valence-electron chi connectivity index (χ4n) is 3.43. The molecule has 1 spiro atoms. The molecule has 5 nitrogen and oxygen atoms in total. The van der Waals surface area contributed by atoms with Crippen LogP contribution in [-0.4, -0.2) is 43.9 Å². The number of carbonyl (C=O) groups excluding carboxylic acids is 2. The quantitative estimate of drug-likeness (QED) is 0.874. The van der Waals surface area contributed by atoms with Gasteiger partial charge in [0.2, 0.25) is 5.91 Å². The highest BCUT2D eigenvalue weighted by atomic mass is 35.5. The number of halogens is 2. The van der Waals surface area contributed by atoms with Gasteiger partial charge in [-0.15, -0.1) is 12.4 Å². The van der Waals surface area contributed by atoms with E-state index in [1.54, 1.807) is 14.1 Å². The zero-order valence-electron chi connectivity index (χ0n) is 13.9. The molecular formula is C17H23ClFN3O2. The second-order valence-electron chi connectivity index (χ2n) is 6.75. The molecule has 7 heteroatoms. The first kappa shape index (κ1) is 18.7. The average Bonchev–Trinajstić information content (AvgIpc) is 3.22. The number of rotatable bonds is 3. The van der Waals surface area contributed by atoms with E-state index < -0.39 is 11.7 Å². The minimum atomic E-state index is -0.581. The van der Waals surface area contributed by atoms with Crippen molar-refractivity contribution in [3.05, 3.63) is 29.6 Å². The van der Waals surface area contributed by atoms with E-state index in [9.17, 15) is 14.0 Å². The van der Waals surface area contributed by atoms with Crippen LogP contribution in [0.1, 0.15) is 29.6 Å². The van der Waals surface area contributed by atoms with E-state index in [2.05, 4.69) is 10.6 Å². The smallest absolute Gasteiger partial charge is 0.256 e. The van der Waals surface area contributed by atoms with Crippen molar-refractivity contribution in [1.82, 2.24) is 10.2 Å². The Morgan fingerprint density at radius 1 is 1.29 bits per heavy atom. The predicted octanol–water partition coefficient (Wildman–Crippen LogP) is 2.28. The third-order valence-corrected chi connectivity index (χ3v) is 4.98. The van der Waals surface area contributed by atoms with Gasteiger partial charge in [0, 0.05) is 25.7 Å². The lowest BCUT2D eigenvalue weighted by Gasteiger charge is -2.23. The third-order valence-electron chi connectivity index (χ3n) is 4.98. The normalized spacial score (nSPS) is 20.9. The Hall–Kier alpha value is -1.66. The van der Waals surface area contributed by atoms with E-state index in [0.29, 0.717) is 5.69 Å². The molecule has 0 aromatic heterocycles. The van der Waals surface area contributed by atoms with Crippen molar-refractivity contribution in [3.8, 4) is 0 Å².